The minimum Gasteiger partial charge on any atom is -0.340 e. The molecule has 1 unspecified atom stereocenters. The van der Waals surface area contributed by atoms with Crippen LogP contribution in [0.25, 0.3) is 0 Å². The largest absolute Gasteiger partial charge is 0.340 e. The lowest BCUT2D eigenvalue weighted by Gasteiger charge is -2.29. The average Bonchev–Trinajstić information content (AvgIpc) is 3.13. The van der Waals surface area contributed by atoms with E-state index in [9.17, 15) is 4.79 Å². The highest BCUT2D eigenvalue weighted by atomic mass is 16.7. The summed E-state index contributed by atoms with van der Waals surface area (Å²) in [5, 5.41) is 8.74. The molecule has 122 valence electrons. The van der Waals surface area contributed by atoms with E-state index in [0.29, 0.717) is 13.2 Å². The predicted octanol–water partition coefficient (Wildman–Crippen LogP) is 3.52. The van der Waals surface area contributed by atoms with Gasteiger partial charge >= 0.3 is 0 Å². The van der Waals surface area contributed by atoms with Crippen molar-refractivity contribution in [3.63, 3.8) is 0 Å². The van der Waals surface area contributed by atoms with Gasteiger partial charge in [0.2, 0.25) is 5.79 Å². The summed E-state index contributed by atoms with van der Waals surface area (Å²) in [7, 11) is 0. The molecule has 0 bridgehead atoms. The van der Waals surface area contributed by atoms with Crippen LogP contribution in [0.15, 0.2) is 54.6 Å². The molecule has 1 fully saturated rings. The Balaban J connectivity index is 2.00. The maximum absolute atomic E-state index is 12.0. The molecule has 0 aliphatic carbocycles. The number of benzene rings is 2. The van der Waals surface area contributed by atoms with Gasteiger partial charge in [0.1, 0.15) is 0 Å². The molecule has 1 saturated heterocycles. The first kappa shape index (κ1) is 16.4. The van der Waals surface area contributed by atoms with Gasteiger partial charge in [-0.25, -0.2) is 0 Å². The minimum atomic E-state index is -0.935. The first-order chi connectivity index (χ1) is 11.7. The lowest BCUT2D eigenvalue weighted by molar-refractivity contribution is -0.130. The molecule has 2 aromatic carbocycles. The van der Waals surface area contributed by atoms with Crippen LogP contribution in [-0.2, 0) is 20.1 Å². The summed E-state index contributed by atoms with van der Waals surface area (Å²) in [4.78, 5) is 12.0. The van der Waals surface area contributed by atoms with Crippen molar-refractivity contribution in [1.82, 2.24) is 0 Å². The molecular formula is C20H19NO3. The molecular weight excluding hydrogens is 302 g/mol. The quantitative estimate of drug-likeness (QED) is 0.845. The molecule has 2 aromatic rings. The molecule has 0 aromatic heterocycles. The Morgan fingerprint density at radius 2 is 1.79 bits per heavy atom. The highest BCUT2D eigenvalue weighted by Gasteiger charge is 2.40. The zero-order valence-electron chi connectivity index (χ0n) is 13.6. The summed E-state index contributed by atoms with van der Waals surface area (Å²) in [6.07, 6.45) is -0.0811. The van der Waals surface area contributed by atoms with E-state index in [1.165, 1.54) is 0 Å². The molecule has 4 nitrogen and oxygen atoms in total. The van der Waals surface area contributed by atoms with Gasteiger partial charge in [0.15, 0.2) is 5.78 Å². The molecule has 0 saturated carbocycles. The fourth-order valence-corrected chi connectivity index (χ4v) is 3.00. The number of carbonyl (C=O) groups excluding carboxylic acids is 1. The van der Waals surface area contributed by atoms with Gasteiger partial charge in [-0.15, -0.1) is 0 Å². The summed E-state index contributed by atoms with van der Waals surface area (Å²) >= 11 is 0. The predicted molar refractivity (Wildman–Crippen MR) is 89.2 cm³/mol. The molecule has 0 radical (unpaired) electrons. The summed E-state index contributed by atoms with van der Waals surface area (Å²) in [5.41, 5.74) is 2.65. The van der Waals surface area contributed by atoms with Crippen molar-refractivity contribution >= 4 is 5.78 Å². The maximum Gasteiger partial charge on any atom is 0.222 e. The van der Waals surface area contributed by atoms with Crippen LogP contribution in [0.2, 0.25) is 0 Å². The van der Waals surface area contributed by atoms with E-state index in [4.69, 9.17) is 14.7 Å². The van der Waals surface area contributed by atoms with Crippen LogP contribution in [0, 0.1) is 11.3 Å². The molecule has 0 amide bonds. The van der Waals surface area contributed by atoms with E-state index in [1.807, 2.05) is 67.6 Å². The van der Waals surface area contributed by atoms with Gasteiger partial charge in [-0.3, -0.25) is 4.79 Å². The molecule has 1 atom stereocenters. The Hall–Kier alpha value is -2.48. The highest BCUT2D eigenvalue weighted by molar-refractivity contribution is 5.87. The summed E-state index contributed by atoms with van der Waals surface area (Å²) in [6.45, 7) is 2.86. The fraction of sp³-hybridized carbons (Fsp3) is 0.300. The van der Waals surface area contributed by atoms with Crippen LogP contribution in [0.3, 0.4) is 0 Å². The van der Waals surface area contributed by atoms with Crippen molar-refractivity contribution in [3.8, 4) is 6.07 Å². The number of nitrogens with zero attached hydrogens (tertiary/aromatic N) is 1. The second kappa shape index (κ2) is 6.96. The number of hydrogen-bond donors (Lipinski definition) is 0. The second-order valence-corrected chi connectivity index (χ2v) is 5.83. The number of carbonyl (C=O) groups is 1. The summed E-state index contributed by atoms with van der Waals surface area (Å²) in [5.74, 6) is -1.36. The van der Waals surface area contributed by atoms with Crippen molar-refractivity contribution in [2.45, 2.75) is 25.0 Å². The number of nitriles is 1. The molecule has 1 heterocycles. The van der Waals surface area contributed by atoms with Gasteiger partial charge in [-0.2, -0.15) is 5.26 Å². The summed E-state index contributed by atoms with van der Waals surface area (Å²) in [6, 6.07) is 19.4. The monoisotopic (exact) mass is 321 g/mol. The van der Waals surface area contributed by atoms with Crippen molar-refractivity contribution in [2.24, 2.45) is 0 Å². The first-order valence-electron chi connectivity index (χ1n) is 8.01. The average molecular weight is 321 g/mol. The number of Topliss-reactive ketones (excluding diaryl/α,β-unsaturated/α-hetero) is 1. The van der Waals surface area contributed by atoms with Crippen LogP contribution >= 0.6 is 0 Å². The third-order valence-corrected chi connectivity index (χ3v) is 4.35. The van der Waals surface area contributed by atoms with Gasteiger partial charge in [0.05, 0.1) is 25.7 Å². The van der Waals surface area contributed by atoms with Crippen LogP contribution in [0.5, 0.6) is 0 Å². The molecule has 1 aliphatic heterocycles. The van der Waals surface area contributed by atoms with E-state index in [-0.39, 0.29) is 18.1 Å². The summed E-state index contributed by atoms with van der Waals surface area (Å²) < 4.78 is 12.0. The number of hydrogen-bond acceptors (Lipinski definition) is 4. The minimum absolute atomic E-state index is 0.0811. The smallest absolute Gasteiger partial charge is 0.222 e. The lowest BCUT2D eigenvalue weighted by atomic mass is 9.90. The first-order valence-corrected chi connectivity index (χ1v) is 8.01. The standard InChI is InChI=1S/C20H19NO3/c1-15(19(22)10-11-21)16-6-5-9-18(14-16)20(23-12-13-24-20)17-7-3-2-4-8-17/h2-9,14-15H,10,12-13H2,1H3. The number of ketones is 1. The highest BCUT2D eigenvalue weighted by Crippen LogP contribution is 2.39. The van der Waals surface area contributed by atoms with Crippen LogP contribution in [0.1, 0.15) is 36.0 Å². The zero-order valence-corrected chi connectivity index (χ0v) is 13.6. The van der Waals surface area contributed by atoms with E-state index in [1.54, 1.807) is 0 Å². The van der Waals surface area contributed by atoms with Gasteiger partial charge in [0, 0.05) is 17.0 Å². The topological polar surface area (TPSA) is 59.3 Å². The van der Waals surface area contributed by atoms with Gasteiger partial charge in [0.25, 0.3) is 0 Å². The van der Waals surface area contributed by atoms with Gasteiger partial charge < -0.3 is 9.47 Å². The molecule has 4 heteroatoms. The van der Waals surface area contributed by atoms with Crippen LogP contribution in [0.4, 0.5) is 0 Å². The van der Waals surface area contributed by atoms with E-state index in [0.717, 1.165) is 16.7 Å². The number of rotatable bonds is 5. The van der Waals surface area contributed by atoms with Crippen LogP contribution < -0.4 is 0 Å². The molecule has 24 heavy (non-hydrogen) atoms. The van der Waals surface area contributed by atoms with Gasteiger partial charge in [-0.05, 0) is 11.6 Å². The Bertz CT molecular complexity index is 758. The fourth-order valence-electron chi connectivity index (χ4n) is 3.00. The molecule has 1 aliphatic rings. The Morgan fingerprint density at radius 1 is 1.12 bits per heavy atom. The molecule has 0 N–H and O–H groups in total. The van der Waals surface area contributed by atoms with Crippen molar-refractivity contribution < 1.29 is 14.3 Å². The Morgan fingerprint density at radius 3 is 2.46 bits per heavy atom. The van der Waals surface area contributed by atoms with E-state index in [2.05, 4.69) is 0 Å². The van der Waals surface area contributed by atoms with E-state index >= 15 is 0 Å². The molecule has 3 rings (SSSR count). The number of ether oxygens (including phenoxy) is 2. The Labute approximate surface area is 141 Å². The lowest BCUT2D eigenvalue weighted by Crippen LogP contribution is -2.29. The second-order valence-electron chi connectivity index (χ2n) is 5.83. The third-order valence-electron chi connectivity index (χ3n) is 4.35. The zero-order chi connectivity index (χ0) is 17.0. The Kier molecular flexibility index (Phi) is 4.75. The van der Waals surface area contributed by atoms with Crippen molar-refractivity contribution in [2.75, 3.05) is 13.2 Å². The van der Waals surface area contributed by atoms with Crippen molar-refractivity contribution in [1.29, 1.82) is 5.26 Å². The maximum atomic E-state index is 12.0. The van der Waals surface area contributed by atoms with Gasteiger partial charge in [-0.1, -0.05) is 55.5 Å². The third kappa shape index (κ3) is 2.96. The SMILES string of the molecule is CC(C(=O)CC#N)c1cccc(C2(c3ccccc3)OCCO2)c1. The van der Waals surface area contributed by atoms with E-state index < -0.39 is 5.79 Å². The van der Waals surface area contributed by atoms with Crippen LogP contribution in [-0.4, -0.2) is 19.0 Å². The normalized spacial score (nSPS) is 17.2. The van der Waals surface area contributed by atoms with Crippen molar-refractivity contribution in [3.05, 3.63) is 71.3 Å². The molecule has 0 spiro atoms.